The summed E-state index contributed by atoms with van der Waals surface area (Å²) in [7, 11) is -6.68. The Labute approximate surface area is 339 Å². The first-order valence-electron chi connectivity index (χ1n) is 19.1. The van der Waals surface area contributed by atoms with Crippen molar-refractivity contribution in [2.24, 2.45) is 11.8 Å². The van der Waals surface area contributed by atoms with E-state index in [0.717, 1.165) is 0 Å². The number of methoxy groups -OCH3 is 1. The van der Waals surface area contributed by atoms with Crippen molar-refractivity contribution in [2.45, 2.75) is 76.1 Å². The van der Waals surface area contributed by atoms with Gasteiger partial charge in [-0.05, 0) is 86.7 Å². The maximum absolute atomic E-state index is 13.9. The van der Waals surface area contributed by atoms with Gasteiger partial charge in [0, 0.05) is 13.1 Å². The van der Waals surface area contributed by atoms with E-state index < -0.39 is 66.7 Å². The highest BCUT2D eigenvalue weighted by molar-refractivity contribution is 7.89. The summed E-state index contributed by atoms with van der Waals surface area (Å²) in [4.78, 5) is 25.7. The van der Waals surface area contributed by atoms with Gasteiger partial charge in [-0.2, -0.15) is 4.31 Å². The van der Waals surface area contributed by atoms with Crippen LogP contribution in [-0.4, -0.2) is 107 Å². The molecule has 318 valence electrons. The Hall–Kier alpha value is -4.22. The number of alkyl carbamates (subject to hydrolysis) is 1. The van der Waals surface area contributed by atoms with E-state index in [2.05, 4.69) is 5.32 Å². The van der Waals surface area contributed by atoms with Gasteiger partial charge in [0.15, 0.2) is 12.4 Å². The Morgan fingerprint density at radius 3 is 2.29 bits per heavy atom. The average molecular weight is 849 g/mol. The molecule has 2 fully saturated rings. The van der Waals surface area contributed by atoms with Gasteiger partial charge in [0.2, 0.25) is 16.4 Å². The topological polar surface area (TPSA) is 195 Å². The summed E-state index contributed by atoms with van der Waals surface area (Å²) in [6.45, 7) is 7.29. The molecule has 7 atom stereocenters. The lowest BCUT2D eigenvalue weighted by Crippen LogP contribution is -2.51. The number of aliphatic hydroxyl groups excluding tert-OH is 1. The molecule has 3 aromatic carbocycles. The number of ether oxygens (including phenoxy) is 6. The molecule has 16 nitrogen and oxygen atoms in total. The summed E-state index contributed by atoms with van der Waals surface area (Å²) in [5, 5.41) is 14.5. The number of amides is 1. The van der Waals surface area contributed by atoms with Gasteiger partial charge in [-0.25, -0.2) is 22.6 Å². The van der Waals surface area contributed by atoms with E-state index in [9.17, 15) is 27.7 Å². The highest BCUT2D eigenvalue weighted by Gasteiger charge is 2.44. The van der Waals surface area contributed by atoms with E-state index in [-0.39, 0.29) is 61.0 Å². The van der Waals surface area contributed by atoms with E-state index in [1.54, 1.807) is 73.7 Å². The van der Waals surface area contributed by atoms with E-state index in [0.29, 0.717) is 24.3 Å². The van der Waals surface area contributed by atoms with Gasteiger partial charge < -0.3 is 43.4 Å². The van der Waals surface area contributed by atoms with Crippen LogP contribution in [0, 0.1) is 11.8 Å². The van der Waals surface area contributed by atoms with Gasteiger partial charge in [0.05, 0.1) is 49.9 Å². The van der Waals surface area contributed by atoms with Crippen molar-refractivity contribution in [3.63, 3.8) is 0 Å². The first kappa shape index (κ1) is 44.9. The van der Waals surface area contributed by atoms with Crippen LogP contribution >= 0.6 is 7.60 Å². The normalized spacial score (nSPS) is 20.4. The summed E-state index contributed by atoms with van der Waals surface area (Å²) in [5.41, 5.74) is 0.634. The second kappa shape index (κ2) is 20.7. The number of hydrogen-bond donors (Lipinski definition) is 2. The number of rotatable bonds is 21. The first-order valence-corrected chi connectivity index (χ1v) is 22.3. The smallest absolute Gasteiger partial charge is 0.417 e. The molecule has 0 aromatic heterocycles. The van der Waals surface area contributed by atoms with Gasteiger partial charge in [0.25, 0.3) is 0 Å². The molecule has 2 aliphatic rings. The number of hydrogen-bond acceptors (Lipinski definition) is 14. The molecule has 2 heterocycles. The van der Waals surface area contributed by atoms with Crippen molar-refractivity contribution in [2.75, 3.05) is 46.4 Å². The summed E-state index contributed by atoms with van der Waals surface area (Å²) in [5.74, 6) is 0.0863. The Morgan fingerprint density at radius 1 is 0.948 bits per heavy atom. The molecule has 18 heteroatoms. The van der Waals surface area contributed by atoms with E-state index in [1.807, 2.05) is 13.8 Å². The number of nitrogens with one attached hydrogen (secondary N) is 1. The Kier molecular flexibility index (Phi) is 16.0. The van der Waals surface area contributed by atoms with Crippen LogP contribution in [0.4, 0.5) is 4.79 Å². The molecule has 2 N–H and O–H groups in total. The number of aliphatic hydroxyl groups is 1. The van der Waals surface area contributed by atoms with Gasteiger partial charge >= 0.3 is 19.7 Å². The molecule has 1 unspecified atom stereocenters. The third kappa shape index (κ3) is 12.4. The van der Waals surface area contributed by atoms with Crippen molar-refractivity contribution in [3.05, 3.63) is 84.4 Å². The monoisotopic (exact) mass is 848 g/mol. The third-order valence-electron chi connectivity index (χ3n) is 9.36. The van der Waals surface area contributed by atoms with E-state index in [4.69, 9.17) is 37.5 Å². The zero-order valence-corrected chi connectivity index (χ0v) is 35.0. The fourth-order valence-electron chi connectivity index (χ4n) is 6.46. The number of esters is 1. The molecule has 0 bridgehead atoms. The fraction of sp³-hybridized carbons (Fsp3) is 0.500. The van der Waals surface area contributed by atoms with Crippen LogP contribution in [0.3, 0.4) is 0 Å². The van der Waals surface area contributed by atoms with Crippen LogP contribution in [0.25, 0.3) is 0 Å². The predicted molar refractivity (Wildman–Crippen MR) is 211 cm³/mol. The van der Waals surface area contributed by atoms with Gasteiger partial charge in [-0.15, -0.1) is 0 Å². The molecular weight excluding hydrogens is 795 g/mol. The molecule has 2 saturated heterocycles. The van der Waals surface area contributed by atoms with Crippen LogP contribution in [0.1, 0.15) is 39.7 Å². The highest BCUT2D eigenvalue weighted by atomic mass is 32.2. The number of carbonyl (C=O) groups is 2. The largest absolute Gasteiger partial charge is 0.497 e. The lowest BCUT2D eigenvalue weighted by atomic mass is 10.0. The number of para-hydroxylation sites is 1. The van der Waals surface area contributed by atoms with Crippen molar-refractivity contribution < 1.29 is 65.1 Å². The molecular formula is C40H53N2O14PS. The predicted octanol–water partition coefficient (Wildman–Crippen LogP) is 5.38. The number of carbonyl (C=O) groups excluding carboxylic acids is 2. The number of fused-ring (bicyclic) bond motifs is 1. The van der Waals surface area contributed by atoms with Crippen LogP contribution in [0.5, 0.6) is 17.2 Å². The van der Waals surface area contributed by atoms with Crippen LogP contribution in [0.2, 0.25) is 0 Å². The quantitative estimate of drug-likeness (QED) is 0.103. The summed E-state index contributed by atoms with van der Waals surface area (Å²) >= 11 is 0. The van der Waals surface area contributed by atoms with Crippen molar-refractivity contribution in [1.82, 2.24) is 9.62 Å². The molecule has 2 aliphatic heterocycles. The molecule has 0 spiro atoms. The van der Waals surface area contributed by atoms with E-state index in [1.165, 1.54) is 30.5 Å². The molecule has 3 aromatic rings. The molecule has 0 radical (unpaired) electrons. The third-order valence-corrected chi connectivity index (χ3v) is 12.8. The SMILES string of the molecule is CCOC(=O)[C@H](C)OP(=O)(COc1ccc(C[C@H](NC(=O)O[C@H]2CO[C@H]3OCC[C@H]32)[C@H](O)CN(CC(C)C)S(=O)(=O)c2ccc(OC)cc2)cc1)Oc1ccccc1. The summed E-state index contributed by atoms with van der Waals surface area (Å²) < 4.78 is 87.1. The zero-order chi connectivity index (χ0) is 41.9. The molecule has 0 saturated carbocycles. The summed E-state index contributed by atoms with van der Waals surface area (Å²) in [6.07, 6.45) is -4.23. The van der Waals surface area contributed by atoms with Crippen molar-refractivity contribution in [1.29, 1.82) is 0 Å². The fourth-order valence-corrected chi connectivity index (χ4v) is 9.55. The Balaban J connectivity index is 1.32. The standard InChI is InChI=1S/C40H53N2O14PS/c1-6-50-38(44)28(4)55-57(46,56-32-10-8-7-9-11-32)26-53-31-14-12-29(13-15-31)22-35(41-40(45)54-37-25-52-39-34(37)20-21-51-39)36(43)24-42(23-27(2)3)58(47,48)33-18-16-30(49-5)17-19-33/h7-19,27-28,34-37,39,43H,6,20-26H2,1-5H3,(H,41,45)/t28-,34-,35-,36+,37-,39+,57?/m0/s1. The minimum atomic E-state index is -4.08. The zero-order valence-electron chi connectivity index (χ0n) is 33.3. The maximum Gasteiger partial charge on any atom is 0.417 e. The minimum Gasteiger partial charge on any atom is -0.497 e. The number of benzene rings is 3. The molecule has 58 heavy (non-hydrogen) atoms. The van der Waals surface area contributed by atoms with Gasteiger partial charge in [0.1, 0.15) is 23.4 Å². The number of sulfonamides is 1. The first-order chi connectivity index (χ1) is 27.7. The van der Waals surface area contributed by atoms with Crippen LogP contribution in [-0.2, 0) is 49.3 Å². The molecule has 1 amide bonds. The van der Waals surface area contributed by atoms with Crippen molar-refractivity contribution >= 4 is 29.7 Å². The van der Waals surface area contributed by atoms with E-state index >= 15 is 0 Å². The lowest BCUT2D eigenvalue weighted by Gasteiger charge is -2.31. The maximum atomic E-state index is 13.9. The number of nitrogens with zero attached hydrogens (tertiary/aromatic N) is 1. The summed E-state index contributed by atoms with van der Waals surface area (Å²) in [6, 6.07) is 19.8. The highest BCUT2D eigenvalue weighted by Crippen LogP contribution is 2.49. The second-order valence-electron chi connectivity index (χ2n) is 14.3. The second-order valence-corrected chi connectivity index (χ2v) is 18.1. The van der Waals surface area contributed by atoms with Crippen LogP contribution < -0.4 is 19.3 Å². The average Bonchev–Trinajstić information content (AvgIpc) is 3.82. The lowest BCUT2D eigenvalue weighted by molar-refractivity contribution is -0.150. The van der Waals surface area contributed by atoms with Crippen LogP contribution in [0.15, 0.2) is 83.8 Å². The van der Waals surface area contributed by atoms with Crippen molar-refractivity contribution in [3.8, 4) is 17.2 Å². The Bertz CT molecular complexity index is 1930. The molecule has 0 aliphatic carbocycles. The Morgan fingerprint density at radius 2 is 1.64 bits per heavy atom. The molecule has 5 rings (SSSR count). The van der Waals surface area contributed by atoms with Gasteiger partial charge in [-0.3, -0.25) is 4.52 Å². The van der Waals surface area contributed by atoms with Gasteiger partial charge in [-0.1, -0.05) is 44.2 Å². The minimum absolute atomic E-state index is 0.0229.